The summed E-state index contributed by atoms with van der Waals surface area (Å²) < 4.78 is 25.7. The van der Waals surface area contributed by atoms with Gasteiger partial charge < -0.3 is 19.0 Å². The summed E-state index contributed by atoms with van der Waals surface area (Å²) in [5.74, 6) is -0.0517. The van der Waals surface area contributed by atoms with E-state index in [1.165, 1.54) is 18.2 Å². The number of carbonyl (C=O) groups excluding carboxylic acids is 1. The highest BCUT2D eigenvalue weighted by Gasteiger charge is 2.42. The maximum Gasteiger partial charge on any atom is 0.290 e. The Labute approximate surface area is 205 Å². The van der Waals surface area contributed by atoms with Gasteiger partial charge >= 0.3 is 0 Å². The smallest absolute Gasteiger partial charge is 0.290 e. The van der Waals surface area contributed by atoms with Gasteiger partial charge in [-0.05, 0) is 55.4 Å². The van der Waals surface area contributed by atoms with Gasteiger partial charge in [0.05, 0.1) is 23.6 Å². The number of carbonyl (C=O) groups is 1. The number of nitrogens with zero attached hydrogens (tertiary/aromatic N) is 2. The molecule has 1 aliphatic rings. The van der Waals surface area contributed by atoms with Crippen molar-refractivity contribution in [3.63, 3.8) is 0 Å². The number of hydrogen-bond donors (Lipinski definition) is 0. The van der Waals surface area contributed by atoms with E-state index in [1.807, 2.05) is 24.3 Å². The largest absolute Gasteiger partial charge is 0.494 e. The zero-order chi connectivity index (χ0) is 24.9. The van der Waals surface area contributed by atoms with Crippen molar-refractivity contribution in [1.29, 1.82) is 0 Å². The fourth-order valence-electron chi connectivity index (χ4n) is 4.65. The highest BCUT2D eigenvalue weighted by Crippen LogP contribution is 2.38. The highest BCUT2D eigenvalue weighted by molar-refractivity contribution is 5.99. The predicted molar refractivity (Wildman–Crippen MR) is 135 cm³/mol. The number of likely N-dealkylation sites (N-methyl/N-ethyl adjacent to an activating group) is 1. The molecular weight excluding hydrogens is 447 g/mol. The van der Waals surface area contributed by atoms with Crippen molar-refractivity contribution in [3.8, 4) is 5.75 Å². The van der Waals surface area contributed by atoms with Crippen molar-refractivity contribution in [2.45, 2.75) is 46.1 Å². The number of hydrogen-bond acceptors (Lipinski definition) is 5. The minimum atomic E-state index is -0.605. The monoisotopic (exact) mass is 480 g/mol. The first kappa shape index (κ1) is 24.9. The molecule has 0 saturated heterocycles. The molecule has 1 aliphatic heterocycles. The number of halogens is 1. The quantitative estimate of drug-likeness (QED) is 0.345. The molecule has 0 bridgehead atoms. The Bertz CT molecular complexity index is 1230. The zero-order valence-electron chi connectivity index (χ0n) is 20.7. The van der Waals surface area contributed by atoms with Crippen LogP contribution < -0.4 is 10.2 Å². The topological polar surface area (TPSA) is 63.0 Å². The zero-order valence-corrected chi connectivity index (χ0v) is 20.7. The molecule has 186 valence electrons. The normalized spacial score (nSPS) is 15.3. The third-order valence-electron chi connectivity index (χ3n) is 6.69. The molecule has 2 aromatic carbocycles. The molecule has 1 atom stereocenters. The number of amides is 1. The van der Waals surface area contributed by atoms with E-state index in [-0.39, 0.29) is 33.6 Å². The van der Waals surface area contributed by atoms with Crippen LogP contribution in [0.15, 0.2) is 51.7 Å². The third kappa shape index (κ3) is 5.10. The first-order valence-corrected chi connectivity index (χ1v) is 12.5. The summed E-state index contributed by atoms with van der Waals surface area (Å²) in [5, 5.41) is 0.142. The van der Waals surface area contributed by atoms with Crippen LogP contribution in [-0.2, 0) is 0 Å². The number of ether oxygens (including phenoxy) is 1. The van der Waals surface area contributed by atoms with E-state index in [0.29, 0.717) is 19.7 Å². The number of unbranched alkanes of at least 4 members (excludes halogenated alkanes) is 2. The highest BCUT2D eigenvalue weighted by atomic mass is 19.1. The predicted octanol–water partition coefficient (Wildman–Crippen LogP) is 5.39. The first-order chi connectivity index (χ1) is 17.0. The molecule has 1 unspecified atom stereocenters. The van der Waals surface area contributed by atoms with Crippen molar-refractivity contribution < 1.29 is 18.3 Å². The van der Waals surface area contributed by atoms with E-state index >= 15 is 0 Å². The molecule has 0 N–H and O–H groups in total. The maximum atomic E-state index is 13.9. The van der Waals surface area contributed by atoms with Gasteiger partial charge in [-0.15, -0.1) is 0 Å². The molecule has 2 heterocycles. The van der Waals surface area contributed by atoms with Crippen LogP contribution in [0.1, 0.15) is 67.8 Å². The molecule has 1 aromatic heterocycles. The summed E-state index contributed by atoms with van der Waals surface area (Å²) in [6.07, 6.45) is 3.24. The van der Waals surface area contributed by atoms with E-state index < -0.39 is 11.9 Å². The summed E-state index contributed by atoms with van der Waals surface area (Å²) in [7, 11) is 0. The minimum absolute atomic E-state index is 0.0403. The summed E-state index contributed by atoms with van der Waals surface area (Å²) in [5.41, 5.74) is 0.901. The van der Waals surface area contributed by atoms with E-state index in [1.54, 1.807) is 4.90 Å². The van der Waals surface area contributed by atoms with Crippen molar-refractivity contribution >= 4 is 16.9 Å². The lowest BCUT2D eigenvalue weighted by Crippen LogP contribution is -2.37. The van der Waals surface area contributed by atoms with Crippen molar-refractivity contribution in [1.82, 2.24) is 9.80 Å². The Kier molecular flexibility index (Phi) is 7.86. The van der Waals surface area contributed by atoms with Gasteiger partial charge in [0.25, 0.3) is 5.91 Å². The Morgan fingerprint density at radius 1 is 1.03 bits per heavy atom. The van der Waals surface area contributed by atoms with Crippen LogP contribution in [0.25, 0.3) is 11.0 Å². The molecule has 7 heteroatoms. The van der Waals surface area contributed by atoms with E-state index in [2.05, 4.69) is 25.7 Å². The van der Waals surface area contributed by atoms with Crippen LogP contribution in [0, 0.1) is 5.82 Å². The molecular formula is C28H33FN2O4. The number of benzene rings is 2. The summed E-state index contributed by atoms with van der Waals surface area (Å²) >= 11 is 0. The number of fused-ring (bicyclic) bond motifs is 2. The number of rotatable bonds is 11. The van der Waals surface area contributed by atoms with Gasteiger partial charge in [0.2, 0.25) is 5.76 Å². The van der Waals surface area contributed by atoms with Gasteiger partial charge in [-0.2, -0.15) is 0 Å². The van der Waals surface area contributed by atoms with E-state index in [4.69, 9.17) is 9.15 Å². The van der Waals surface area contributed by atoms with Gasteiger partial charge in [0.15, 0.2) is 5.43 Å². The molecule has 0 saturated carbocycles. The first-order valence-electron chi connectivity index (χ1n) is 12.5. The standard InChI is InChI=1S/C28H33FN2O4/c1-4-7-8-17-34-21-12-9-19(10-13-21)25-24-26(32)22-18-20(29)11-14-23(22)35-27(24)28(33)31(25)16-15-30(5-2)6-3/h9-14,18,25H,4-8,15-17H2,1-3H3. The Hall–Kier alpha value is -3.19. The van der Waals surface area contributed by atoms with Crippen molar-refractivity contribution in [2.75, 3.05) is 32.8 Å². The molecule has 0 radical (unpaired) electrons. The van der Waals surface area contributed by atoms with E-state index in [9.17, 15) is 14.0 Å². The fraction of sp³-hybridized carbons (Fsp3) is 0.429. The Morgan fingerprint density at radius 2 is 1.77 bits per heavy atom. The second kappa shape index (κ2) is 11.0. The molecule has 0 spiro atoms. The van der Waals surface area contributed by atoms with Crippen LogP contribution in [0.4, 0.5) is 4.39 Å². The second-order valence-corrected chi connectivity index (χ2v) is 8.87. The lowest BCUT2D eigenvalue weighted by molar-refractivity contribution is 0.0708. The van der Waals surface area contributed by atoms with Crippen molar-refractivity contribution in [2.24, 2.45) is 0 Å². The molecule has 1 amide bonds. The Balaban J connectivity index is 1.73. The third-order valence-corrected chi connectivity index (χ3v) is 6.69. The molecule has 3 aromatic rings. The maximum absolute atomic E-state index is 13.9. The van der Waals surface area contributed by atoms with Crippen LogP contribution in [0.2, 0.25) is 0 Å². The molecule has 35 heavy (non-hydrogen) atoms. The molecule has 0 aliphatic carbocycles. The SMILES string of the molecule is CCCCCOc1ccc(C2c3c(oc4ccc(F)cc4c3=O)C(=O)N2CCN(CC)CC)cc1. The summed E-state index contributed by atoms with van der Waals surface area (Å²) in [6.45, 7) is 9.78. The van der Waals surface area contributed by atoms with Gasteiger partial charge in [-0.3, -0.25) is 9.59 Å². The minimum Gasteiger partial charge on any atom is -0.494 e. The van der Waals surface area contributed by atoms with Crippen LogP contribution in [0.3, 0.4) is 0 Å². The lowest BCUT2D eigenvalue weighted by Gasteiger charge is -2.28. The van der Waals surface area contributed by atoms with Gasteiger partial charge in [-0.25, -0.2) is 4.39 Å². The van der Waals surface area contributed by atoms with Gasteiger partial charge in [-0.1, -0.05) is 45.7 Å². The molecule has 6 nitrogen and oxygen atoms in total. The van der Waals surface area contributed by atoms with Gasteiger partial charge in [0, 0.05) is 13.1 Å². The van der Waals surface area contributed by atoms with Crippen LogP contribution in [0.5, 0.6) is 5.75 Å². The van der Waals surface area contributed by atoms with Gasteiger partial charge in [0.1, 0.15) is 17.1 Å². The average Bonchev–Trinajstić information content (AvgIpc) is 3.15. The molecule has 4 rings (SSSR count). The van der Waals surface area contributed by atoms with Crippen LogP contribution >= 0.6 is 0 Å². The lowest BCUT2D eigenvalue weighted by atomic mass is 9.98. The van der Waals surface area contributed by atoms with E-state index in [0.717, 1.165) is 43.7 Å². The summed E-state index contributed by atoms with van der Waals surface area (Å²) in [4.78, 5) is 30.9. The van der Waals surface area contributed by atoms with Crippen molar-refractivity contribution in [3.05, 3.63) is 75.4 Å². The molecule has 0 fully saturated rings. The average molecular weight is 481 g/mol. The summed E-state index contributed by atoms with van der Waals surface area (Å²) in [6, 6.07) is 10.7. The Morgan fingerprint density at radius 3 is 2.46 bits per heavy atom. The fourth-order valence-corrected chi connectivity index (χ4v) is 4.65. The van der Waals surface area contributed by atoms with Crippen LogP contribution in [-0.4, -0.2) is 48.5 Å². The second-order valence-electron chi connectivity index (χ2n) is 8.87.